The Kier molecular flexibility index (Phi) is 4.52. The maximum atomic E-state index is 11.5. The minimum Gasteiger partial charge on any atom is -0.295 e. The molecule has 0 bridgehead atoms. The summed E-state index contributed by atoms with van der Waals surface area (Å²) in [5, 5.41) is 1.95. The highest BCUT2D eigenvalue weighted by atomic mass is 32.2. The molecule has 0 radical (unpaired) electrons. The zero-order valence-electron chi connectivity index (χ0n) is 10.9. The van der Waals surface area contributed by atoms with Crippen molar-refractivity contribution in [1.82, 2.24) is 0 Å². The lowest BCUT2D eigenvalue weighted by Gasteiger charge is -2.10. The van der Waals surface area contributed by atoms with Gasteiger partial charge in [0.05, 0.1) is 16.2 Å². The molecule has 0 fully saturated rings. The van der Waals surface area contributed by atoms with Crippen LogP contribution in [0.5, 0.6) is 0 Å². The first-order valence-corrected chi connectivity index (χ1v) is 9.28. The van der Waals surface area contributed by atoms with E-state index in [2.05, 4.69) is 4.72 Å². The lowest BCUT2D eigenvalue weighted by atomic mass is 10.1. The maximum absolute atomic E-state index is 11.5. The molecule has 4 nitrogen and oxygen atoms in total. The van der Waals surface area contributed by atoms with Crippen LogP contribution < -0.4 is 4.72 Å². The normalized spacial score (nSPS) is 11.3. The zero-order valence-corrected chi connectivity index (χ0v) is 13.4. The molecule has 1 heterocycles. The van der Waals surface area contributed by atoms with E-state index in [1.807, 2.05) is 17.5 Å². The Balaban J connectivity index is 2.42. The number of carbonyl (C=O) groups excluding carboxylic acids is 1. The fraction of sp³-hybridized carbons (Fsp3) is 0.154. The van der Waals surface area contributed by atoms with Crippen LogP contribution in [0.4, 0.5) is 5.69 Å². The topological polar surface area (TPSA) is 63.2 Å². The molecule has 1 N–H and O–H groups in total. The fourth-order valence-electron chi connectivity index (χ4n) is 1.54. The highest BCUT2D eigenvalue weighted by molar-refractivity contribution is 8.01. The average Bonchev–Trinajstić information content (AvgIpc) is 2.82. The molecule has 0 saturated carbocycles. The third-order valence-corrected chi connectivity index (χ3v) is 5.08. The fourth-order valence-corrected chi connectivity index (χ4v) is 4.04. The predicted molar refractivity (Wildman–Crippen MR) is 83.4 cm³/mol. The number of benzene rings is 1. The van der Waals surface area contributed by atoms with Crippen molar-refractivity contribution in [3.05, 3.63) is 41.3 Å². The summed E-state index contributed by atoms with van der Waals surface area (Å²) in [5.74, 6) is -0.0519. The molecule has 0 saturated heterocycles. The van der Waals surface area contributed by atoms with Gasteiger partial charge in [-0.05, 0) is 36.6 Å². The first kappa shape index (κ1) is 15.1. The second kappa shape index (κ2) is 5.99. The molecule has 0 unspecified atom stereocenters. The smallest absolute Gasteiger partial charge is 0.229 e. The molecule has 106 valence electrons. The Labute approximate surface area is 126 Å². The Morgan fingerprint density at radius 2 is 2.05 bits per heavy atom. The van der Waals surface area contributed by atoms with Gasteiger partial charge in [-0.3, -0.25) is 9.52 Å². The molecule has 0 aliphatic heterocycles. The van der Waals surface area contributed by atoms with Crippen molar-refractivity contribution in [2.24, 2.45) is 0 Å². The van der Waals surface area contributed by atoms with Crippen molar-refractivity contribution in [1.29, 1.82) is 0 Å². The zero-order chi connectivity index (χ0) is 14.8. The maximum Gasteiger partial charge on any atom is 0.229 e. The molecule has 2 rings (SSSR count). The van der Waals surface area contributed by atoms with E-state index < -0.39 is 10.0 Å². The van der Waals surface area contributed by atoms with E-state index in [1.165, 1.54) is 18.7 Å². The third kappa shape index (κ3) is 4.09. The van der Waals surface area contributed by atoms with Crippen LogP contribution in [-0.4, -0.2) is 20.5 Å². The predicted octanol–water partition coefficient (Wildman–Crippen LogP) is 3.47. The number of anilines is 1. The summed E-state index contributed by atoms with van der Waals surface area (Å²) in [7, 11) is -3.36. The van der Waals surface area contributed by atoms with E-state index in [-0.39, 0.29) is 5.78 Å². The molecule has 0 atom stereocenters. The summed E-state index contributed by atoms with van der Waals surface area (Å²) in [6.45, 7) is 1.48. The Bertz CT molecular complexity index is 721. The monoisotopic (exact) mass is 327 g/mol. The van der Waals surface area contributed by atoms with Crippen LogP contribution in [-0.2, 0) is 10.0 Å². The van der Waals surface area contributed by atoms with Gasteiger partial charge in [0, 0.05) is 10.5 Å². The van der Waals surface area contributed by atoms with Crippen molar-refractivity contribution < 1.29 is 13.2 Å². The summed E-state index contributed by atoms with van der Waals surface area (Å²) >= 11 is 2.99. The number of ketones is 1. The highest BCUT2D eigenvalue weighted by Crippen LogP contribution is 2.37. The Morgan fingerprint density at radius 1 is 1.30 bits per heavy atom. The summed E-state index contributed by atoms with van der Waals surface area (Å²) in [4.78, 5) is 12.2. The molecule has 0 spiro atoms. The summed E-state index contributed by atoms with van der Waals surface area (Å²) in [6.07, 6.45) is 1.10. The van der Waals surface area contributed by atoms with Crippen LogP contribution in [0, 0.1) is 0 Å². The van der Waals surface area contributed by atoms with E-state index in [0.717, 1.165) is 10.5 Å². The lowest BCUT2D eigenvalue weighted by Crippen LogP contribution is -2.10. The first-order valence-electron chi connectivity index (χ1n) is 5.69. The van der Waals surface area contributed by atoms with Crippen molar-refractivity contribution in [3.8, 4) is 0 Å². The first-order chi connectivity index (χ1) is 9.35. The van der Waals surface area contributed by atoms with Crippen LogP contribution in [0.2, 0.25) is 0 Å². The van der Waals surface area contributed by atoms with Gasteiger partial charge >= 0.3 is 0 Å². The number of carbonyl (C=O) groups is 1. The van der Waals surface area contributed by atoms with Crippen LogP contribution in [0.25, 0.3) is 0 Å². The standard InChI is InChI=1S/C13H13NO3S3/c1-9(15)10-5-6-11(14-20(2,16)17)12(8-10)19-13-4-3-7-18-13/h3-8,14H,1-2H3. The molecule has 0 aliphatic rings. The van der Waals surface area contributed by atoms with Gasteiger partial charge in [0.1, 0.15) is 0 Å². The summed E-state index contributed by atoms with van der Waals surface area (Å²) in [6, 6.07) is 8.81. The summed E-state index contributed by atoms with van der Waals surface area (Å²) in [5.41, 5.74) is 1.04. The number of hydrogen-bond donors (Lipinski definition) is 1. The largest absolute Gasteiger partial charge is 0.295 e. The van der Waals surface area contributed by atoms with Crippen LogP contribution in [0.3, 0.4) is 0 Å². The van der Waals surface area contributed by atoms with Gasteiger partial charge in [-0.1, -0.05) is 17.8 Å². The third-order valence-electron chi connectivity index (χ3n) is 2.39. The SMILES string of the molecule is CC(=O)c1ccc(NS(C)(=O)=O)c(Sc2cccs2)c1. The van der Waals surface area contributed by atoms with Gasteiger partial charge in [-0.15, -0.1) is 11.3 Å². The van der Waals surface area contributed by atoms with Gasteiger partial charge in [0.25, 0.3) is 0 Å². The van der Waals surface area contributed by atoms with Crippen molar-refractivity contribution in [3.63, 3.8) is 0 Å². The van der Waals surface area contributed by atoms with Crippen LogP contribution in [0.15, 0.2) is 44.8 Å². The second-order valence-corrected chi connectivity index (χ2v) is 8.21. The van der Waals surface area contributed by atoms with Gasteiger partial charge in [0.15, 0.2) is 5.78 Å². The molecule has 1 aromatic heterocycles. The van der Waals surface area contributed by atoms with Crippen molar-refractivity contribution in [2.75, 3.05) is 11.0 Å². The molecule has 20 heavy (non-hydrogen) atoms. The summed E-state index contributed by atoms with van der Waals surface area (Å²) < 4.78 is 26.3. The Hall–Kier alpha value is -1.31. The minimum atomic E-state index is -3.36. The number of Topliss-reactive ketones (excluding diaryl/α,β-unsaturated/α-hetero) is 1. The highest BCUT2D eigenvalue weighted by Gasteiger charge is 2.12. The number of rotatable bonds is 5. The van der Waals surface area contributed by atoms with Crippen LogP contribution >= 0.6 is 23.1 Å². The van der Waals surface area contributed by atoms with Crippen LogP contribution in [0.1, 0.15) is 17.3 Å². The average molecular weight is 327 g/mol. The van der Waals surface area contributed by atoms with E-state index >= 15 is 0 Å². The van der Waals surface area contributed by atoms with E-state index in [1.54, 1.807) is 29.5 Å². The minimum absolute atomic E-state index is 0.0519. The molecular weight excluding hydrogens is 314 g/mol. The number of sulfonamides is 1. The van der Waals surface area contributed by atoms with E-state index in [9.17, 15) is 13.2 Å². The molecule has 2 aromatic rings. The quantitative estimate of drug-likeness (QED) is 0.854. The van der Waals surface area contributed by atoms with Gasteiger partial charge < -0.3 is 0 Å². The molecule has 7 heteroatoms. The van der Waals surface area contributed by atoms with Gasteiger partial charge in [-0.25, -0.2) is 8.42 Å². The van der Waals surface area contributed by atoms with Gasteiger partial charge in [-0.2, -0.15) is 0 Å². The number of hydrogen-bond acceptors (Lipinski definition) is 5. The number of nitrogens with one attached hydrogen (secondary N) is 1. The molecular formula is C13H13NO3S3. The second-order valence-electron chi connectivity index (χ2n) is 4.18. The van der Waals surface area contributed by atoms with Crippen molar-refractivity contribution in [2.45, 2.75) is 16.0 Å². The molecule has 0 amide bonds. The molecule has 0 aliphatic carbocycles. The Morgan fingerprint density at radius 3 is 2.60 bits per heavy atom. The van der Waals surface area contributed by atoms with Crippen molar-refractivity contribution >= 4 is 44.6 Å². The van der Waals surface area contributed by atoms with E-state index in [0.29, 0.717) is 16.1 Å². The molecule has 1 aromatic carbocycles. The lowest BCUT2D eigenvalue weighted by molar-refractivity contribution is 0.101. The van der Waals surface area contributed by atoms with E-state index in [4.69, 9.17) is 0 Å². The van der Waals surface area contributed by atoms with Gasteiger partial charge in [0.2, 0.25) is 10.0 Å². The number of thiophene rings is 1.